The maximum absolute atomic E-state index is 14.3. The molecule has 0 spiro atoms. The van der Waals surface area contributed by atoms with Crippen LogP contribution < -0.4 is 20.1 Å². The molecule has 0 radical (unpaired) electrons. The fourth-order valence-corrected chi connectivity index (χ4v) is 11.8. The summed E-state index contributed by atoms with van der Waals surface area (Å²) < 4.78 is 39.8. The third kappa shape index (κ3) is 12.2. The van der Waals surface area contributed by atoms with Crippen molar-refractivity contribution in [2.45, 2.75) is 140 Å². The van der Waals surface area contributed by atoms with Crippen LogP contribution in [0, 0.1) is 29.2 Å². The lowest BCUT2D eigenvalue weighted by Gasteiger charge is -2.35. The van der Waals surface area contributed by atoms with Crippen LogP contribution in [0.3, 0.4) is 0 Å². The fourth-order valence-electron chi connectivity index (χ4n) is 11.4. The second-order valence-corrected chi connectivity index (χ2v) is 23.7. The molecule has 4 bridgehead atoms. The van der Waals surface area contributed by atoms with E-state index in [2.05, 4.69) is 32.9 Å². The van der Waals surface area contributed by atoms with Gasteiger partial charge >= 0.3 is 28.8 Å². The number of ether oxygens (including phenoxy) is 2. The molecule has 2 aliphatic carbocycles. The highest BCUT2D eigenvalue weighted by atomic mass is 32.2. The minimum atomic E-state index is -3.65. The van der Waals surface area contributed by atoms with Crippen molar-refractivity contribution in [3.63, 3.8) is 0 Å². The smallest absolute Gasteiger partial charge is 0.411 e. The molecule has 392 valence electrons. The van der Waals surface area contributed by atoms with E-state index in [1.807, 2.05) is 66.7 Å². The molecular formula is C57H64N7O10S+. The Morgan fingerprint density at radius 2 is 1.21 bits per heavy atom. The Morgan fingerprint density at radius 3 is 1.75 bits per heavy atom. The van der Waals surface area contributed by atoms with Gasteiger partial charge in [0, 0.05) is 37.0 Å². The molecule has 8 atom stereocenters. The zero-order valence-corrected chi connectivity index (χ0v) is 43.9. The topological polar surface area (TPSA) is 218 Å². The largest absolute Gasteiger partial charge is 0.444 e. The van der Waals surface area contributed by atoms with Crippen molar-refractivity contribution < 1.29 is 46.0 Å². The summed E-state index contributed by atoms with van der Waals surface area (Å²) in [6.07, 6.45) is 4.82. The van der Waals surface area contributed by atoms with E-state index in [1.165, 1.54) is 4.90 Å². The van der Waals surface area contributed by atoms with Gasteiger partial charge in [0.25, 0.3) is 12.0 Å². The summed E-state index contributed by atoms with van der Waals surface area (Å²) in [6, 6.07) is 29.7. The van der Waals surface area contributed by atoms with E-state index in [9.17, 15) is 37.7 Å². The molecule has 2 saturated heterocycles. The van der Waals surface area contributed by atoms with Gasteiger partial charge in [0.1, 0.15) is 29.5 Å². The van der Waals surface area contributed by atoms with E-state index in [-0.39, 0.29) is 54.4 Å². The number of nitrogens with zero attached hydrogens (tertiary/aromatic N) is 4. The maximum atomic E-state index is 14.3. The second kappa shape index (κ2) is 21.1. The van der Waals surface area contributed by atoms with Crippen molar-refractivity contribution in [2.24, 2.45) is 11.8 Å². The molecule has 5 amide bonds. The summed E-state index contributed by atoms with van der Waals surface area (Å²) in [5.74, 6) is -0.729. The first-order valence-corrected chi connectivity index (χ1v) is 27.5. The first-order valence-electron chi connectivity index (χ1n) is 25.6. The van der Waals surface area contributed by atoms with Crippen LogP contribution in [-0.4, -0.2) is 108 Å². The molecule has 8 unspecified atom stereocenters. The van der Waals surface area contributed by atoms with Gasteiger partial charge in [0.15, 0.2) is 11.6 Å². The van der Waals surface area contributed by atoms with Crippen LogP contribution in [-0.2, 0) is 48.6 Å². The number of benzene rings is 4. The predicted molar refractivity (Wildman–Crippen MR) is 280 cm³/mol. The van der Waals surface area contributed by atoms with Gasteiger partial charge in [-0.1, -0.05) is 71.6 Å². The van der Waals surface area contributed by atoms with Gasteiger partial charge in [-0.05, 0) is 148 Å². The van der Waals surface area contributed by atoms with Gasteiger partial charge in [0.2, 0.25) is 11.8 Å². The van der Waals surface area contributed by atoms with Crippen LogP contribution in [0.1, 0.15) is 100 Å². The van der Waals surface area contributed by atoms with Gasteiger partial charge < -0.3 is 29.6 Å². The lowest BCUT2D eigenvalue weighted by molar-refractivity contribution is -0.129. The normalized spacial score (nSPS) is 22.2. The van der Waals surface area contributed by atoms with E-state index in [0.29, 0.717) is 24.9 Å². The van der Waals surface area contributed by atoms with Gasteiger partial charge in [0.05, 0.1) is 12.3 Å². The molecule has 75 heavy (non-hydrogen) atoms. The number of hydrogen-bond donors (Lipinski definition) is 3. The van der Waals surface area contributed by atoms with E-state index in [0.717, 1.165) is 77.3 Å². The number of carbonyl (C=O) groups is 5. The summed E-state index contributed by atoms with van der Waals surface area (Å²) >= 11 is 0. The fraction of sp³-hybridized carbons (Fsp3) is 0.456. The number of rotatable bonds is 14. The third-order valence-corrected chi connectivity index (χ3v) is 15.2. The van der Waals surface area contributed by atoms with Crippen molar-refractivity contribution in [3.8, 4) is 40.1 Å². The first kappa shape index (κ1) is 52.4. The first-order chi connectivity index (χ1) is 35.6. The van der Waals surface area contributed by atoms with Gasteiger partial charge in [-0.2, -0.15) is 13.7 Å². The van der Waals surface area contributed by atoms with E-state index < -0.39 is 63.6 Å². The van der Waals surface area contributed by atoms with Gasteiger partial charge in [-0.25, -0.2) is 9.59 Å². The van der Waals surface area contributed by atoms with Crippen molar-refractivity contribution in [2.75, 3.05) is 12.8 Å². The van der Waals surface area contributed by atoms with Crippen LogP contribution in [0.15, 0.2) is 91.0 Å². The number of amides is 5. The standard InChI is InChI=1S/C57H63N7O10S/c1-56(2,3)72-54(68)63-45-20-15-41(28-45)50(63)53(67)62-44(26-35-9-13-38(14-10-35)39-19-24-48-42(27-39)31-60-51(48)65)32-59-33-57(4,5)73-55(69)64-46-21-16-40(29-46)49(64)52(66)61-43(30-58)25-34-7-11-36(12-8-34)37-17-22-47(23-18-37)74-75(6,70)71/h7-14,17-19,22-24,27,40-41,43-46,49-50H,15-16,20-21,25-26,28-29,31,33H2,1-6H3,(H2-,60,61,62,65,66,67)/p+1. The van der Waals surface area contributed by atoms with Crippen LogP contribution >= 0.6 is 0 Å². The SMILES string of the molecule is CC(C)(C)OC(=O)N1C2CCC(C2)C1C(=O)NC(C#[N+]CC(C)(C)OC(=O)N1C2CCC(C2)C1C(=O)NC(C#N)Cc1ccc(-c2ccc(OS(C)(=O)=O)cc2)cc1)Cc1ccc(-c2ccc3c(c2)CNC3=O)cc1. The van der Waals surface area contributed by atoms with Crippen molar-refractivity contribution in [1.82, 2.24) is 25.8 Å². The Bertz CT molecular complexity index is 3080. The number of carbonyl (C=O) groups excluding carboxylic acids is 5. The Morgan fingerprint density at radius 1 is 0.720 bits per heavy atom. The third-order valence-electron chi connectivity index (χ3n) is 14.7. The molecule has 4 fully saturated rings. The van der Waals surface area contributed by atoms with Crippen LogP contribution in [0.4, 0.5) is 9.59 Å². The molecule has 3 N–H and O–H groups in total. The summed E-state index contributed by atoms with van der Waals surface area (Å²) in [6.45, 7) is 9.32. The number of fused-ring (bicyclic) bond motifs is 5. The van der Waals surface area contributed by atoms with Crippen molar-refractivity contribution >= 4 is 40.0 Å². The molecule has 18 heteroatoms. The minimum Gasteiger partial charge on any atom is -0.444 e. The maximum Gasteiger partial charge on any atom is 0.411 e. The number of piperidine rings is 2. The molecule has 3 aliphatic heterocycles. The Labute approximate surface area is 438 Å². The molecular weight excluding hydrogens is 975 g/mol. The lowest BCUT2D eigenvalue weighted by atomic mass is 9.96. The predicted octanol–water partition coefficient (Wildman–Crippen LogP) is 7.77. The van der Waals surface area contributed by atoms with E-state index in [1.54, 1.807) is 63.8 Å². The zero-order valence-electron chi connectivity index (χ0n) is 43.1. The van der Waals surface area contributed by atoms with Gasteiger partial charge in [-0.3, -0.25) is 24.2 Å². The quantitative estimate of drug-likeness (QED) is 0.104. The van der Waals surface area contributed by atoms with E-state index in [4.69, 9.17) is 13.7 Å². The highest BCUT2D eigenvalue weighted by Gasteiger charge is 2.54. The van der Waals surface area contributed by atoms with Crippen LogP contribution in [0.5, 0.6) is 5.75 Å². The highest BCUT2D eigenvalue weighted by Crippen LogP contribution is 2.45. The molecule has 2 saturated carbocycles. The summed E-state index contributed by atoms with van der Waals surface area (Å²) in [4.78, 5) is 76.0. The number of nitriles is 1. The molecule has 5 aliphatic rings. The monoisotopic (exact) mass is 1040 g/mol. The summed E-state index contributed by atoms with van der Waals surface area (Å²) in [5.41, 5.74) is 5.04. The molecule has 0 aromatic heterocycles. The Hall–Kier alpha value is -7.44. The number of likely N-dealkylation sites (tertiary alicyclic amines) is 2. The zero-order chi connectivity index (χ0) is 53.4. The molecule has 4 aromatic rings. The average Bonchev–Trinajstić information content (AvgIpc) is 4.22. The molecule has 3 heterocycles. The Balaban J connectivity index is 0.858. The van der Waals surface area contributed by atoms with Crippen molar-refractivity contribution in [3.05, 3.63) is 118 Å². The molecule has 17 nitrogen and oxygen atoms in total. The lowest BCUT2D eigenvalue weighted by Crippen LogP contribution is -2.55. The minimum absolute atomic E-state index is 0.0168. The van der Waals surface area contributed by atoms with E-state index >= 15 is 0 Å². The summed E-state index contributed by atoms with van der Waals surface area (Å²) in [7, 11) is -3.65. The van der Waals surface area contributed by atoms with Crippen molar-refractivity contribution in [1.29, 1.82) is 5.26 Å². The number of hydrogen-bond acceptors (Lipinski definition) is 11. The molecule has 9 rings (SSSR count). The molecule has 4 aromatic carbocycles. The van der Waals surface area contributed by atoms with Crippen LogP contribution in [0.25, 0.3) is 27.1 Å². The van der Waals surface area contributed by atoms with Gasteiger partial charge in [-0.15, -0.1) is 0 Å². The highest BCUT2D eigenvalue weighted by molar-refractivity contribution is 7.86. The second-order valence-electron chi connectivity index (χ2n) is 22.1. The number of nitrogens with one attached hydrogen (secondary N) is 3. The Kier molecular flexibility index (Phi) is 14.7. The summed E-state index contributed by atoms with van der Waals surface area (Å²) in [5, 5.41) is 19.1. The van der Waals surface area contributed by atoms with Crippen LogP contribution in [0.2, 0.25) is 0 Å². The average molecular weight is 1040 g/mol.